The molecule has 0 saturated carbocycles. The highest BCUT2D eigenvalue weighted by molar-refractivity contribution is 7.09. The van der Waals surface area contributed by atoms with Crippen molar-refractivity contribution in [2.75, 3.05) is 7.11 Å². The van der Waals surface area contributed by atoms with E-state index >= 15 is 0 Å². The van der Waals surface area contributed by atoms with E-state index in [0.717, 1.165) is 0 Å². The quantitative estimate of drug-likeness (QED) is 0.764. The van der Waals surface area contributed by atoms with Crippen molar-refractivity contribution in [3.63, 3.8) is 0 Å². The summed E-state index contributed by atoms with van der Waals surface area (Å²) < 4.78 is 4.50. The summed E-state index contributed by atoms with van der Waals surface area (Å²) in [4.78, 5) is 26.9. The van der Waals surface area contributed by atoms with Crippen molar-refractivity contribution in [3.8, 4) is 0 Å². The van der Waals surface area contributed by atoms with Crippen molar-refractivity contribution in [2.45, 2.75) is 25.9 Å². The molecule has 3 N–H and O–H groups in total. The maximum absolute atomic E-state index is 11.7. The molecular formula is C10H15N3O3S. The zero-order valence-corrected chi connectivity index (χ0v) is 10.7. The van der Waals surface area contributed by atoms with Crippen LogP contribution in [0.5, 0.6) is 0 Å². The summed E-state index contributed by atoms with van der Waals surface area (Å²) in [5.74, 6) is -0.910. The van der Waals surface area contributed by atoms with Crippen molar-refractivity contribution in [1.29, 1.82) is 0 Å². The van der Waals surface area contributed by atoms with Gasteiger partial charge in [-0.1, -0.05) is 0 Å². The van der Waals surface area contributed by atoms with Crippen molar-refractivity contribution in [3.05, 3.63) is 16.1 Å². The van der Waals surface area contributed by atoms with Crippen LogP contribution in [-0.4, -0.2) is 30.0 Å². The standard InChI is InChI=1S/C10H15N3O3S/c1-5(11)9-13-7(4-17-9)8(14)12-6(2)10(15)16-3/h4-6H,11H2,1-3H3,(H,12,14). The summed E-state index contributed by atoms with van der Waals surface area (Å²) >= 11 is 1.31. The van der Waals surface area contributed by atoms with Crippen LogP contribution in [0.3, 0.4) is 0 Å². The van der Waals surface area contributed by atoms with Gasteiger partial charge in [-0.05, 0) is 13.8 Å². The van der Waals surface area contributed by atoms with Gasteiger partial charge in [0.15, 0.2) is 0 Å². The van der Waals surface area contributed by atoms with E-state index in [4.69, 9.17) is 5.73 Å². The number of carbonyl (C=O) groups is 2. The average molecular weight is 257 g/mol. The number of rotatable bonds is 4. The molecule has 6 nitrogen and oxygen atoms in total. The largest absolute Gasteiger partial charge is 0.467 e. The Morgan fingerprint density at radius 2 is 2.18 bits per heavy atom. The second-order valence-corrected chi connectivity index (χ2v) is 4.47. The fourth-order valence-electron chi connectivity index (χ4n) is 1.11. The zero-order valence-electron chi connectivity index (χ0n) is 9.89. The van der Waals surface area contributed by atoms with Gasteiger partial charge >= 0.3 is 5.97 Å². The topological polar surface area (TPSA) is 94.3 Å². The summed E-state index contributed by atoms with van der Waals surface area (Å²) in [7, 11) is 1.27. The smallest absolute Gasteiger partial charge is 0.328 e. The molecule has 1 rings (SSSR count). The van der Waals surface area contributed by atoms with E-state index in [0.29, 0.717) is 5.01 Å². The summed E-state index contributed by atoms with van der Waals surface area (Å²) in [6.45, 7) is 3.33. The molecule has 2 unspecified atom stereocenters. The van der Waals surface area contributed by atoms with Gasteiger partial charge in [0.2, 0.25) is 0 Å². The number of amides is 1. The van der Waals surface area contributed by atoms with Gasteiger partial charge in [-0.2, -0.15) is 0 Å². The first-order valence-corrected chi connectivity index (χ1v) is 5.93. The average Bonchev–Trinajstić information content (AvgIpc) is 2.77. The third-order valence-electron chi connectivity index (χ3n) is 2.05. The first-order valence-electron chi connectivity index (χ1n) is 5.05. The number of nitrogens with two attached hydrogens (primary N) is 1. The predicted octanol–water partition coefficient (Wildman–Crippen LogP) is 0.454. The van der Waals surface area contributed by atoms with Crippen LogP contribution in [0.2, 0.25) is 0 Å². The molecule has 0 bridgehead atoms. The van der Waals surface area contributed by atoms with Gasteiger partial charge in [0, 0.05) is 5.38 Å². The molecule has 0 fully saturated rings. The SMILES string of the molecule is COC(=O)C(C)NC(=O)c1csc(C(C)N)n1. The van der Waals surface area contributed by atoms with E-state index in [2.05, 4.69) is 15.0 Å². The molecule has 1 amide bonds. The van der Waals surface area contributed by atoms with Crippen LogP contribution in [0.15, 0.2) is 5.38 Å². The van der Waals surface area contributed by atoms with E-state index < -0.39 is 17.9 Å². The lowest BCUT2D eigenvalue weighted by atomic mass is 10.3. The number of methoxy groups -OCH3 is 1. The molecule has 0 aromatic carbocycles. The number of thiazole rings is 1. The van der Waals surface area contributed by atoms with Gasteiger partial charge in [-0.25, -0.2) is 9.78 Å². The van der Waals surface area contributed by atoms with Crippen LogP contribution in [0, 0.1) is 0 Å². The van der Waals surface area contributed by atoms with Crippen LogP contribution in [0.4, 0.5) is 0 Å². The fourth-order valence-corrected chi connectivity index (χ4v) is 1.87. The molecule has 0 saturated heterocycles. The number of nitrogens with one attached hydrogen (secondary N) is 1. The first kappa shape index (κ1) is 13.6. The van der Waals surface area contributed by atoms with E-state index in [1.54, 1.807) is 19.2 Å². The molecule has 94 valence electrons. The van der Waals surface area contributed by atoms with E-state index in [9.17, 15) is 9.59 Å². The Labute approximate surface area is 103 Å². The van der Waals surface area contributed by atoms with Crippen LogP contribution in [0.25, 0.3) is 0 Å². The van der Waals surface area contributed by atoms with Crippen molar-refractivity contribution >= 4 is 23.2 Å². The Kier molecular flexibility index (Phi) is 4.59. The minimum Gasteiger partial charge on any atom is -0.467 e. The van der Waals surface area contributed by atoms with Gasteiger partial charge in [0.25, 0.3) is 5.91 Å². The Morgan fingerprint density at radius 3 is 2.65 bits per heavy atom. The molecule has 0 aliphatic heterocycles. The Hall–Kier alpha value is -1.47. The highest BCUT2D eigenvalue weighted by Crippen LogP contribution is 2.15. The predicted molar refractivity (Wildman–Crippen MR) is 63.7 cm³/mol. The summed E-state index contributed by atoms with van der Waals surface area (Å²) in [5.41, 5.74) is 5.90. The lowest BCUT2D eigenvalue weighted by Gasteiger charge is -2.09. The van der Waals surface area contributed by atoms with Gasteiger partial charge in [-0.15, -0.1) is 11.3 Å². The van der Waals surface area contributed by atoms with Crippen LogP contribution in [0.1, 0.15) is 35.4 Å². The second kappa shape index (κ2) is 5.74. The Bertz CT molecular complexity index is 417. The molecule has 0 radical (unpaired) electrons. The first-order chi connectivity index (χ1) is 7.95. The molecule has 1 aromatic heterocycles. The minimum atomic E-state index is -0.701. The van der Waals surface area contributed by atoms with Gasteiger partial charge < -0.3 is 15.8 Å². The molecular weight excluding hydrogens is 242 g/mol. The molecule has 0 aliphatic rings. The summed E-state index contributed by atoms with van der Waals surface area (Å²) in [6, 6.07) is -0.910. The number of aromatic nitrogens is 1. The maximum Gasteiger partial charge on any atom is 0.328 e. The Morgan fingerprint density at radius 1 is 1.53 bits per heavy atom. The van der Waals surface area contributed by atoms with Crippen LogP contribution >= 0.6 is 11.3 Å². The molecule has 1 heterocycles. The highest BCUT2D eigenvalue weighted by Gasteiger charge is 2.19. The number of carbonyl (C=O) groups excluding carboxylic acids is 2. The Balaban J connectivity index is 2.66. The molecule has 2 atom stereocenters. The normalized spacial score (nSPS) is 13.9. The van der Waals surface area contributed by atoms with Crippen molar-refractivity contribution < 1.29 is 14.3 Å². The number of esters is 1. The summed E-state index contributed by atoms with van der Waals surface area (Å²) in [6.07, 6.45) is 0. The van der Waals surface area contributed by atoms with Gasteiger partial charge in [-0.3, -0.25) is 4.79 Å². The minimum absolute atomic E-state index is 0.209. The molecule has 17 heavy (non-hydrogen) atoms. The fraction of sp³-hybridized carbons (Fsp3) is 0.500. The van der Waals surface area contributed by atoms with E-state index in [-0.39, 0.29) is 11.7 Å². The number of nitrogens with zero attached hydrogens (tertiary/aromatic N) is 1. The van der Waals surface area contributed by atoms with Crippen molar-refractivity contribution in [1.82, 2.24) is 10.3 Å². The monoisotopic (exact) mass is 257 g/mol. The lowest BCUT2D eigenvalue weighted by Crippen LogP contribution is -2.39. The third-order valence-corrected chi connectivity index (χ3v) is 3.09. The highest BCUT2D eigenvalue weighted by atomic mass is 32.1. The van der Waals surface area contributed by atoms with Crippen molar-refractivity contribution in [2.24, 2.45) is 5.73 Å². The maximum atomic E-state index is 11.7. The summed E-state index contributed by atoms with van der Waals surface area (Å²) in [5, 5.41) is 4.78. The second-order valence-electron chi connectivity index (χ2n) is 3.58. The molecule has 1 aromatic rings. The van der Waals surface area contributed by atoms with E-state index in [1.807, 2.05) is 0 Å². The van der Waals surface area contributed by atoms with Crippen LogP contribution in [-0.2, 0) is 9.53 Å². The number of hydrogen-bond donors (Lipinski definition) is 2. The number of hydrogen-bond acceptors (Lipinski definition) is 6. The van der Waals surface area contributed by atoms with Gasteiger partial charge in [0.05, 0.1) is 13.2 Å². The van der Waals surface area contributed by atoms with Gasteiger partial charge in [0.1, 0.15) is 16.7 Å². The molecule has 0 spiro atoms. The van der Waals surface area contributed by atoms with Crippen LogP contribution < -0.4 is 11.1 Å². The third kappa shape index (κ3) is 3.50. The molecule has 0 aliphatic carbocycles. The van der Waals surface area contributed by atoms with E-state index in [1.165, 1.54) is 18.4 Å². The molecule has 7 heteroatoms. The number of ether oxygens (including phenoxy) is 1. The lowest BCUT2D eigenvalue weighted by molar-refractivity contribution is -0.142. The zero-order chi connectivity index (χ0) is 13.0.